The van der Waals surface area contributed by atoms with Crippen LogP contribution in [-0.4, -0.2) is 19.6 Å². The molecule has 1 heterocycles. The molecule has 0 spiro atoms. The lowest BCUT2D eigenvalue weighted by molar-refractivity contribution is 0.427. The number of nitrogens with one attached hydrogen (secondary N) is 1. The van der Waals surface area contributed by atoms with Gasteiger partial charge in [0, 0.05) is 31.0 Å². The standard InChI is InChI=1S/C16H24N2/c1-18(13-7-3-2-4-8-13)16-11-5-10-15-14(16)9-6-12-17-15/h5,10-11,13,17H,2-4,6-9,12H2,1H3. The fourth-order valence-electron chi connectivity index (χ4n) is 3.49. The lowest BCUT2D eigenvalue weighted by Gasteiger charge is -2.35. The maximum Gasteiger partial charge on any atom is 0.0419 e. The van der Waals surface area contributed by atoms with E-state index in [1.54, 1.807) is 0 Å². The first-order chi connectivity index (χ1) is 8.86. The highest BCUT2D eigenvalue weighted by Gasteiger charge is 2.22. The molecule has 2 aliphatic rings. The lowest BCUT2D eigenvalue weighted by atomic mass is 9.93. The van der Waals surface area contributed by atoms with Gasteiger partial charge in [-0.05, 0) is 43.4 Å². The summed E-state index contributed by atoms with van der Waals surface area (Å²) in [7, 11) is 2.29. The molecule has 1 aliphatic carbocycles. The Morgan fingerprint density at radius 2 is 1.94 bits per heavy atom. The molecule has 1 fully saturated rings. The van der Waals surface area contributed by atoms with Crippen molar-refractivity contribution in [2.75, 3.05) is 23.8 Å². The van der Waals surface area contributed by atoms with E-state index < -0.39 is 0 Å². The molecule has 0 atom stereocenters. The third-order valence-corrected chi connectivity index (χ3v) is 4.57. The highest BCUT2D eigenvalue weighted by atomic mass is 15.1. The summed E-state index contributed by atoms with van der Waals surface area (Å²) in [6.45, 7) is 1.13. The molecule has 1 aliphatic heterocycles. The summed E-state index contributed by atoms with van der Waals surface area (Å²) in [5.41, 5.74) is 4.37. The molecule has 18 heavy (non-hydrogen) atoms. The predicted molar refractivity (Wildman–Crippen MR) is 78.5 cm³/mol. The summed E-state index contributed by atoms with van der Waals surface area (Å²) in [6, 6.07) is 7.49. The van der Waals surface area contributed by atoms with E-state index in [-0.39, 0.29) is 0 Å². The van der Waals surface area contributed by atoms with Crippen molar-refractivity contribution in [1.82, 2.24) is 0 Å². The molecular weight excluding hydrogens is 220 g/mol. The van der Waals surface area contributed by atoms with Crippen molar-refractivity contribution in [1.29, 1.82) is 0 Å². The molecule has 0 radical (unpaired) electrons. The number of hydrogen-bond acceptors (Lipinski definition) is 2. The summed E-state index contributed by atoms with van der Waals surface area (Å²) >= 11 is 0. The van der Waals surface area contributed by atoms with Crippen LogP contribution in [0, 0.1) is 0 Å². The number of fused-ring (bicyclic) bond motifs is 1. The topological polar surface area (TPSA) is 15.3 Å². The highest BCUT2D eigenvalue weighted by Crippen LogP contribution is 2.34. The molecule has 1 N–H and O–H groups in total. The van der Waals surface area contributed by atoms with Crippen molar-refractivity contribution in [3.63, 3.8) is 0 Å². The molecule has 98 valence electrons. The molecule has 0 aromatic heterocycles. The number of hydrogen-bond donors (Lipinski definition) is 1. The molecule has 0 saturated heterocycles. The normalized spacial score (nSPS) is 20.1. The number of nitrogens with zero attached hydrogens (tertiary/aromatic N) is 1. The molecule has 3 rings (SSSR count). The first-order valence-corrected chi connectivity index (χ1v) is 7.45. The van der Waals surface area contributed by atoms with Crippen LogP contribution in [0.3, 0.4) is 0 Å². The second-order valence-corrected chi connectivity index (χ2v) is 5.74. The van der Waals surface area contributed by atoms with Gasteiger partial charge >= 0.3 is 0 Å². The molecule has 1 aromatic rings. The van der Waals surface area contributed by atoms with Gasteiger partial charge in [0.25, 0.3) is 0 Å². The van der Waals surface area contributed by atoms with Gasteiger partial charge in [0.05, 0.1) is 0 Å². The molecule has 1 saturated carbocycles. The summed E-state index contributed by atoms with van der Waals surface area (Å²) in [5.74, 6) is 0. The molecule has 0 unspecified atom stereocenters. The van der Waals surface area contributed by atoms with Crippen LogP contribution < -0.4 is 10.2 Å². The number of benzene rings is 1. The summed E-state index contributed by atoms with van der Waals surface area (Å²) in [4.78, 5) is 2.55. The first-order valence-electron chi connectivity index (χ1n) is 7.45. The van der Waals surface area contributed by atoms with Crippen LogP contribution in [0.2, 0.25) is 0 Å². The Morgan fingerprint density at radius 3 is 2.78 bits per heavy atom. The average Bonchev–Trinajstić information content (AvgIpc) is 2.47. The van der Waals surface area contributed by atoms with E-state index >= 15 is 0 Å². The molecular formula is C16H24N2. The van der Waals surface area contributed by atoms with Crippen LogP contribution in [0.25, 0.3) is 0 Å². The first kappa shape index (κ1) is 11.9. The number of rotatable bonds is 2. The zero-order valence-electron chi connectivity index (χ0n) is 11.4. The van der Waals surface area contributed by atoms with Crippen LogP contribution in [-0.2, 0) is 6.42 Å². The van der Waals surface area contributed by atoms with Gasteiger partial charge in [-0.2, -0.15) is 0 Å². The van der Waals surface area contributed by atoms with Crippen molar-refractivity contribution >= 4 is 11.4 Å². The third kappa shape index (κ3) is 2.21. The molecule has 0 amide bonds. The third-order valence-electron chi connectivity index (χ3n) is 4.57. The van der Waals surface area contributed by atoms with Crippen molar-refractivity contribution in [3.8, 4) is 0 Å². The SMILES string of the molecule is CN(c1cccc2c1CCCN2)C1CCCCC1. The minimum atomic E-state index is 0.757. The minimum Gasteiger partial charge on any atom is -0.385 e. The van der Waals surface area contributed by atoms with Crippen LogP contribution in [0.1, 0.15) is 44.1 Å². The van der Waals surface area contributed by atoms with Gasteiger partial charge in [-0.3, -0.25) is 0 Å². The molecule has 2 nitrogen and oxygen atoms in total. The van der Waals surface area contributed by atoms with E-state index in [9.17, 15) is 0 Å². The average molecular weight is 244 g/mol. The Balaban J connectivity index is 1.86. The minimum absolute atomic E-state index is 0.757. The van der Waals surface area contributed by atoms with E-state index in [1.165, 1.54) is 61.9 Å². The van der Waals surface area contributed by atoms with Crippen LogP contribution in [0.15, 0.2) is 18.2 Å². The van der Waals surface area contributed by atoms with Gasteiger partial charge in [0.2, 0.25) is 0 Å². The predicted octanol–water partition coefficient (Wildman–Crippen LogP) is 3.81. The van der Waals surface area contributed by atoms with Crippen molar-refractivity contribution in [2.45, 2.75) is 51.0 Å². The fourth-order valence-corrected chi connectivity index (χ4v) is 3.49. The smallest absolute Gasteiger partial charge is 0.0419 e. The van der Waals surface area contributed by atoms with E-state index in [4.69, 9.17) is 0 Å². The fraction of sp³-hybridized carbons (Fsp3) is 0.625. The maximum atomic E-state index is 3.53. The van der Waals surface area contributed by atoms with E-state index in [0.717, 1.165) is 12.6 Å². The summed E-state index contributed by atoms with van der Waals surface area (Å²) in [6.07, 6.45) is 9.47. The Hall–Kier alpha value is -1.18. The Kier molecular flexibility index (Phi) is 3.44. The summed E-state index contributed by atoms with van der Waals surface area (Å²) < 4.78 is 0. The van der Waals surface area contributed by atoms with Gasteiger partial charge in [0.15, 0.2) is 0 Å². The Morgan fingerprint density at radius 1 is 1.11 bits per heavy atom. The largest absolute Gasteiger partial charge is 0.385 e. The zero-order valence-corrected chi connectivity index (χ0v) is 11.4. The highest BCUT2D eigenvalue weighted by molar-refractivity contribution is 5.68. The van der Waals surface area contributed by atoms with Gasteiger partial charge in [-0.15, -0.1) is 0 Å². The second kappa shape index (κ2) is 5.21. The van der Waals surface area contributed by atoms with Gasteiger partial charge < -0.3 is 10.2 Å². The van der Waals surface area contributed by atoms with Crippen LogP contribution >= 0.6 is 0 Å². The van der Waals surface area contributed by atoms with Crippen LogP contribution in [0.5, 0.6) is 0 Å². The van der Waals surface area contributed by atoms with Gasteiger partial charge in [0.1, 0.15) is 0 Å². The molecule has 0 bridgehead atoms. The van der Waals surface area contributed by atoms with Crippen LogP contribution in [0.4, 0.5) is 11.4 Å². The quantitative estimate of drug-likeness (QED) is 0.851. The van der Waals surface area contributed by atoms with Crippen molar-refractivity contribution < 1.29 is 0 Å². The van der Waals surface area contributed by atoms with Crippen molar-refractivity contribution in [3.05, 3.63) is 23.8 Å². The van der Waals surface area contributed by atoms with Gasteiger partial charge in [-0.25, -0.2) is 0 Å². The monoisotopic (exact) mass is 244 g/mol. The molecule has 2 heteroatoms. The van der Waals surface area contributed by atoms with E-state index in [0.29, 0.717) is 0 Å². The molecule has 1 aromatic carbocycles. The summed E-state index contributed by atoms with van der Waals surface area (Å²) in [5, 5.41) is 3.53. The number of anilines is 2. The van der Waals surface area contributed by atoms with Gasteiger partial charge in [-0.1, -0.05) is 25.3 Å². The van der Waals surface area contributed by atoms with E-state index in [2.05, 4.69) is 35.5 Å². The zero-order chi connectivity index (χ0) is 12.4. The maximum absolute atomic E-state index is 3.53. The Bertz CT molecular complexity index is 408. The lowest BCUT2D eigenvalue weighted by Crippen LogP contribution is -2.34. The second-order valence-electron chi connectivity index (χ2n) is 5.74. The Labute approximate surface area is 110 Å². The van der Waals surface area contributed by atoms with Crippen molar-refractivity contribution in [2.24, 2.45) is 0 Å². The van der Waals surface area contributed by atoms with E-state index in [1.807, 2.05) is 0 Å².